The van der Waals surface area contributed by atoms with Crippen LogP contribution >= 0.6 is 0 Å². The van der Waals surface area contributed by atoms with Crippen molar-refractivity contribution >= 4 is 0 Å². The summed E-state index contributed by atoms with van der Waals surface area (Å²) in [5.74, 6) is 3.42. The van der Waals surface area contributed by atoms with Crippen LogP contribution in [-0.4, -0.2) is 194 Å². The Kier molecular flexibility index (Phi) is 45.6. The fraction of sp³-hybridized carbons (Fsp3) is 1.00. The lowest BCUT2D eigenvalue weighted by Crippen LogP contribution is -2.41. The number of hydrogen-bond donors (Lipinski definition) is 1. The van der Waals surface area contributed by atoms with E-state index in [1.807, 2.05) is 20.8 Å². The van der Waals surface area contributed by atoms with Gasteiger partial charge in [-0.05, 0) is 267 Å². The van der Waals surface area contributed by atoms with E-state index in [1.54, 1.807) is 0 Å². The number of hydrogen-bond acceptors (Lipinski definition) is 9. The van der Waals surface area contributed by atoms with E-state index >= 15 is 0 Å². The number of aliphatic hydroxyl groups excluding tert-OH is 1. The maximum atomic E-state index is 8.98. The summed E-state index contributed by atoms with van der Waals surface area (Å²) in [4.78, 5) is 17.8. The van der Waals surface area contributed by atoms with Crippen molar-refractivity contribution in [1.29, 1.82) is 0 Å². The largest absolute Gasteiger partial charge is 0.391 e. The third kappa shape index (κ3) is 43.4. The summed E-state index contributed by atoms with van der Waals surface area (Å²) in [5, 5.41) is 8.98. The number of rotatable bonds is 16. The van der Waals surface area contributed by atoms with E-state index in [2.05, 4.69) is 131 Å². The van der Waals surface area contributed by atoms with Gasteiger partial charge in [0, 0.05) is 37.8 Å². The summed E-state index contributed by atoms with van der Waals surface area (Å²) >= 11 is 0. The van der Waals surface area contributed by atoms with E-state index in [0.717, 1.165) is 48.2 Å². The first-order valence-corrected chi connectivity index (χ1v) is 31.1. The normalized spacial score (nSPS) is 21.0. The Morgan fingerprint density at radius 2 is 0.606 bits per heavy atom. The molecule has 1 unspecified atom stereocenters. The molecular weight excluding hydrogens is 875 g/mol. The molecule has 7 aliphatic heterocycles. The van der Waals surface area contributed by atoms with Crippen molar-refractivity contribution in [2.45, 2.75) is 257 Å². The Balaban J connectivity index is 0.000000791. The van der Waals surface area contributed by atoms with Crippen molar-refractivity contribution in [1.82, 2.24) is 34.3 Å². The van der Waals surface area contributed by atoms with Crippen molar-refractivity contribution in [3.8, 4) is 0 Å². The zero-order valence-corrected chi connectivity index (χ0v) is 51.6. The summed E-state index contributed by atoms with van der Waals surface area (Å²) in [6, 6.07) is 2.33. The quantitative estimate of drug-likeness (QED) is 0.163. The summed E-state index contributed by atoms with van der Waals surface area (Å²) in [5.41, 5.74) is 0. The van der Waals surface area contributed by atoms with Crippen LogP contribution in [0.4, 0.5) is 0 Å². The van der Waals surface area contributed by atoms with Crippen LogP contribution in [0, 0.1) is 23.7 Å². The molecule has 7 rings (SSSR count). The lowest BCUT2D eigenvalue weighted by atomic mass is 10.1. The highest BCUT2D eigenvalue weighted by molar-refractivity contribution is 4.73. The highest BCUT2D eigenvalue weighted by Crippen LogP contribution is 2.14. The molecule has 9 heteroatoms. The molecule has 0 aromatic carbocycles. The van der Waals surface area contributed by atoms with E-state index in [9.17, 15) is 0 Å². The van der Waals surface area contributed by atoms with Gasteiger partial charge in [-0.2, -0.15) is 0 Å². The lowest BCUT2D eigenvalue weighted by Gasteiger charge is -2.34. The Hall–Kier alpha value is -0.360. The SMILES string of the molecule is CC(C)CCN1CCCCC1.CC(C)CN1CCC1.CC(C)CN1CCCC1.CC(C)CN1CCCCC1.CC(C)N1CCC1.CC(C)N1CCCC1.CC(C)N1CCCCC1.CCC(O)COC(C)C. The van der Waals surface area contributed by atoms with Crippen LogP contribution in [-0.2, 0) is 4.74 Å². The molecular formula is C62H133N7O2. The van der Waals surface area contributed by atoms with Crippen LogP contribution < -0.4 is 0 Å². The third-order valence-corrected chi connectivity index (χ3v) is 14.6. The molecule has 9 nitrogen and oxygen atoms in total. The molecule has 0 aliphatic carbocycles. The molecule has 0 aromatic heterocycles. The van der Waals surface area contributed by atoms with E-state index in [0.29, 0.717) is 6.61 Å². The first-order chi connectivity index (χ1) is 33.7. The molecule has 71 heavy (non-hydrogen) atoms. The number of aliphatic hydroxyl groups is 1. The molecule has 0 aromatic rings. The van der Waals surface area contributed by atoms with Gasteiger partial charge in [0.2, 0.25) is 0 Å². The zero-order chi connectivity index (χ0) is 53.4. The first-order valence-electron chi connectivity index (χ1n) is 31.1. The number of ether oxygens (including phenoxy) is 1. The second-order valence-corrected chi connectivity index (χ2v) is 25.2. The van der Waals surface area contributed by atoms with Crippen LogP contribution in [0.5, 0.6) is 0 Å². The van der Waals surface area contributed by atoms with Gasteiger partial charge in [-0.3, -0.25) is 0 Å². The molecule has 428 valence electrons. The predicted octanol–water partition coefficient (Wildman–Crippen LogP) is 13.4. The molecule has 1 N–H and O–H groups in total. The van der Waals surface area contributed by atoms with Gasteiger partial charge in [-0.1, -0.05) is 81.6 Å². The fourth-order valence-corrected chi connectivity index (χ4v) is 9.82. The number of likely N-dealkylation sites (tertiary alicyclic amines) is 7. The van der Waals surface area contributed by atoms with Gasteiger partial charge in [0.05, 0.1) is 18.8 Å². The van der Waals surface area contributed by atoms with Gasteiger partial charge >= 0.3 is 0 Å². The third-order valence-electron chi connectivity index (χ3n) is 14.6. The van der Waals surface area contributed by atoms with Crippen LogP contribution in [0.15, 0.2) is 0 Å². The highest BCUT2D eigenvalue weighted by atomic mass is 16.5. The van der Waals surface area contributed by atoms with Crippen LogP contribution in [0.25, 0.3) is 0 Å². The Labute approximate surface area is 447 Å². The molecule has 0 spiro atoms. The number of piperidine rings is 3. The zero-order valence-electron chi connectivity index (χ0n) is 51.6. The van der Waals surface area contributed by atoms with Crippen LogP contribution in [0.3, 0.4) is 0 Å². The number of nitrogens with zero attached hydrogens (tertiary/aromatic N) is 7. The fourth-order valence-electron chi connectivity index (χ4n) is 9.82. The Morgan fingerprint density at radius 3 is 0.831 bits per heavy atom. The maximum Gasteiger partial charge on any atom is 0.0771 e. The summed E-state index contributed by atoms with van der Waals surface area (Å²) in [7, 11) is 0. The van der Waals surface area contributed by atoms with Gasteiger partial charge in [0.1, 0.15) is 0 Å². The first kappa shape index (κ1) is 70.6. The van der Waals surface area contributed by atoms with Gasteiger partial charge in [0.15, 0.2) is 0 Å². The molecule has 7 saturated heterocycles. The average Bonchev–Trinajstić information content (AvgIpc) is 4.04. The van der Waals surface area contributed by atoms with E-state index in [4.69, 9.17) is 9.84 Å². The van der Waals surface area contributed by atoms with Crippen molar-refractivity contribution in [2.24, 2.45) is 23.7 Å². The van der Waals surface area contributed by atoms with Gasteiger partial charge in [-0.15, -0.1) is 0 Å². The summed E-state index contributed by atoms with van der Waals surface area (Å²) in [6.45, 7) is 62.3. The average molecular weight is 1010 g/mol. The van der Waals surface area contributed by atoms with Gasteiger partial charge in [0.25, 0.3) is 0 Å². The Morgan fingerprint density at radius 1 is 0.338 bits per heavy atom. The van der Waals surface area contributed by atoms with Crippen molar-refractivity contribution < 1.29 is 9.84 Å². The molecule has 0 bridgehead atoms. The van der Waals surface area contributed by atoms with E-state index < -0.39 is 0 Å². The van der Waals surface area contributed by atoms with Crippen molar-refractivity contribution in [2.75, 3.05) is 124 Å². The maximum absolute atomic E-state index is 8.98. The highest BCUT2D eigenvalue weighted by Gasteiger charge is 2.17. The van der Waals surface area contributed by atoms with Gasteiger partial charge in [-0.25, -0.2) is 0 Å². The van der Waals surface area contributed by atoms with E-state index in [-0.39, 0.29) is 12.2 Å². The second kappa shape index (κ2) is 45.8. The van der Waals surface area contributed by atoms with E-state index in [1.165, 1.54) is 221 Å². The monoisotopic (exact) mass is 1010 g/mol. The minimum Gasteiger partial charge on any atom is -0.391 e. The van der Waals surface area contributed by atoms with Crippen molar-refractivity contribution in [3.63, 3.8) is 0 Å². The molecule has 1 atom stereocenters. The van der Waals surface area contributed by atoms with Crippen molar-refractivity contribution in [3.05, 3.63) is 0 Å². The standard InChI is InChI=1S/C10H21N.C9H19N.2C8H17N.2C7H15N.C7H16O2.C6H13N/c1-10(2)6-9-11-7-4-3-5-8-11;1-9(2)8-10-6-4-3-5-7-10;1-8(2)7-9-5-3-4-6-9;1-8(2)9-6-4-3-5-7-9;1-7(2)6-8-4-3-5-8;1-7(2)8-5-3-4-6-8;1-4-7(8)5-9-6(2)3;1-6(2)7-4-3-5-7/h10H,3-9H2,1-2H3;9H,3-8H2,1-2H3;2*8H,3-7H2,1-2H3;2*7H,3-6H2,1-2H3;6-8H,4-5H2,1-3H3;6H,3-5H2,1-2H3. The molecule has 0 radical (unpaired) electrons. The molecule has 0 amide bonds. The second-order valence-electron chi connectivity index (χ2n) is 25.2. The minimum absolute atomic E-state index is 0.228. The Bertz CT molecular complexity index is 1080. The minimum atomic E-state index is -0.285. The smallest absolute Gasteiger partial charge is 0.0771 e. The molecule has 7 fully saturated rings. The lowest BCUT2D eigenvalue weighted by molar-refractivity contribution is 0.00464. The molecule has 7 aliphatic rings. The molecule has 0 saturated carbocycles. The van der Waals surface area contributed by atoms with Crippen LogP contribution in [0.2, 0.25) is 0 Å². The topological polar surface area (TPSA) is 52.1 Å². The van der Waals surface area contributed by atoms with Crippen LogP contribution in [0.1, 0.15) is 227 Å². The molecule has 7 heterocycles. The van der Waals surface area contributed by atoms with Gasteiger partial charge < -0.3 is 44.1 Å². The summed E-state index contributed by atoms with van der Waals surface area (Å²) < 4.78 is 5.14. The predicted molar refractivity (Wildman–Crippen MR) is 316 cm³/mol. The summed E-state index contributed by atoms with van der Waals surface area (Å²) in [6.07, 6.45) is 23.5.